The number of imidazole rings is 1. The Labute approximate surface area is 178 Å². The SMILES string of the molecule is O=C(Nc1cn2cc(-c3c(Cl)c(F)c(NCCO)c4[nH]ncc34)ncc2n1)C1CC1F. The van der Waals surface area contributed by atoms with Crippen LogP contribution in [-0.4, -0.2) is 54.9 Å². The van der Waals surface area contributed by atoms with Crippen LogP contribution < -0.4 is 10.6 Å². The molecule has 1 aliphatic carbocycles. The number of nitrogens with zero attached hydrogens (tertiary/aromatic N) is 4. The van der Waals surface area contributed by atoms with Crippen molar-refractivity contribution in [2.24, 2.45) is 5.92 Å². The van der Waals surface area contributed by atoms with Crippen LogP contribution in [0.1, 0.15) is 6.42 Å². The highest BCUT2D eigenvalue weighted by Gasteiger charge is 2.43. The van der Waals surface area contributed by atoms with Gasteiger partial charge in [-0.3, -0.25) is 14.9 Å². The molecule has 1 aliphatic rings. The largest absolute Gasteiger partial charge is 0.395 e. The fourth-order valence-electron chi connectivity index (χ4n) is 3.45. The Kier molecular flexibility index (Phi) is 4.71. The van der Waals surface area contributed by atoms with E-state index in [1.165, 1.54) is 12.4 Å². The van der Waals surface area contributed by atoms with E-state index in [1.54, 1.807) is 16.8 Å². The van der Waals surface area contributed by atoms with Crippen LogP contribution >= 0.6 is 11.6 Å². The number of H-pyrrole nitrogens is 1. The first-order valence-electron chi connectivity index (χ1n) is 9.46. The van der Waals surface area contributed by atoms with Gasteiger partial charge in [0.1, 0.15) is 6.17 Å². The predicted molar refractivity (Wildman–Crippen MR) is 110 cm³/mol. The highest BCUT2D eigenvalue weighted by molar-refractivity contribution is 6.35. The number of aliphatic hydroxyl groups is 1. The molecule has 9 nitrogen and oxygen atoms in total. The summed E-state index contributed by atoms with van der Waals surface area (Å²) in [4.78, 5) is 20.5. The van der Waals surface area contributed by atoms with Crippen LogP contribution in [0.15, 0.2) is 24.8 Å². The molecule has 1 amide bonds. The zero-order valence-corrected chi connectivity index (χ0v) is 16.6. The van der Waals surface area contributed by atoms with Crippen molar-refractivity contribution < 1.29 is 18.7 Å². The van der Waals surface area contributed by atoms with E-state index in [1.807, 2.05) is 0 Å². The number of aromatic nitrogens is 5. The minimum absolute atomic E-state index is 0.107. The molecular weight excluding hydrogens is 432 g/mol. The van der Waals surface area contributed by atoms with E-state index < -0.39 is 23.8 Å². The Bertz CT molecular complexity index is 1320. The fourth-order valence-corrected chi connectivity index (χ4v) is 3.75. The molecule has 0 spiro atoms. The van der Waals surface area contributed by atoms with Crippen LogP contribution in [-0.2, 0) is 4.79 Å². The number of aliphatic hydroxyl groups excluding tert-OH is 1. The van der Waals surface area contributed by atoms with Gasteiger partial charge in [0, 0.05) is 23.7 Å². The molecule has 0 aliphatic heterocycles. The summed E-state index contributed by atoms with van der Waals surface area (Å²) in [5.74, 6) is -1.49. The van der Waals surface area contributed by atoms with E-state index in [0.717, 1.165) is 0 Å². The van der Waals surface area contributed by atoms with Gasteiger partial charge < -0.3 is 20.1 Å². The van der Waals surface area contributed by atoms with E-state index in [0.29, 0.717) is 27.8 Å². The first-order valence-corrected chi connectivity index (χ1v) is 9.84. The molecule has 1 aromatic carbocycles. The van der Waals surface area contributed by atoms with Crippen molar-refractivity contribution in [2.75, 3.05) is 23.8 Å². The van der Waals surface area contributed by atoms with Gasteiger partial charge in [0.25, 0.3) is 0 Å². The van der Waals surface area contributed by atoms with Gasteiger partial charge in [-0.25, -0.2) is 13.8 Å². The predicted octanol–water partition coefficient (Wildman–Crippen LogP) is 2.77. The fraction of sp³-hybridized carbons (Fsp3) is 0.263. The molecule has 4 N–H and O–H groups in total. The number of carbonyl (C=O) groups excluding carboxylic acids is 1. The van der Waals surface area contributed by atoms with Crippen molar-refractivity contribution in [1.29, 1.82) is 0 Å². The lowest BCUT2D eigenvalue weighted by atomic mass is 10.1. The van der Waals surface area contributed by atoms with Gasteiger partial charge in [0.2, 0.25) is 5.91 Å². The maximum atomic E-state index is 15.0. The van der Waals surface area contributed by atoms with Crippen LogP contribution in [0.2, 0.25) is 5.02 Å². The average Bonchev–Trinajstić information content (AvgIpc) is 3.12. The Balaban J connectivity index is 1.55. The highest BCUT2D eigenvalue weighted by atomic mass is 35.5. The summed E-state index contributed by atoms with van der Waals surface area (Å²) in [5, 5.41) is 21.5. The van der Waals surface area contributed by atoms with Crippen molar-refractivity contribution in [3.8, 4) is 11.3 Å². The van der Waals surface area contributed by atoms with Crippen LogP contribution in [0, 0.1) is 11.7 Å². The molecule has 4 aromatic rings. The topological polar surface area (TPSA) is 120 Å². The number of hydrogen-bond acceptors (Lipinski definition) is 6. The molecule has 12 heteroatoms. The van der Waals surface area contributed by atoms with Crippen LogP contribution in [0.5, 0.6) is 0 Å². The van der Waals surface area contributed by atoms with E-state index >= 15 is 4.39 Å². The van der Waals surface area contributed by atoms with Crippen molar-refractivity contribution in [3.63, 3.8) is 0 Å². The minimum atomic E-state index is -1.10. The number of halogens is 3. The van der Waals surface area contributed by atoms with Gasteiger partial charge in [-0.15, -0.1) is 0 Å². The first kappa shape index (κ1) is 19.6. The smallest absolute Gasteiger partial charge is 0.231 e. The van der Waals surface area contributed by atoms with Gasteiger partial charge in [-0.1, -0.05) is 11.6 Å². The number of rotatable bonds is 6. The zero-order valence-electron chi connectivity index (χ0n) is 15.9. The van der Waals surface area contributed by atoms with E-state index in [9.17, 15) is 9.18 Å². The third kappa shape index (κ3) is 3.35. The number of carbonyl (C=O) groups is 1. The van der Waals surface area contributed by atoms with Crippen LogP contribution in [0.25, 0.3) is 27.8 Å². The number of nitrogens with one attached hydrogen (secondary N) is 3. The van der Waals surface area contributed by atoms with E-state index in [-0.39, 0.29) is 36.1 Å². The van der Waals surface area contributed by atoms with Gasteiger partial charge in [0.05, 0.1) is 53.0 Å². The third-order valence-corrected chi connectivity index (χ3v) is 5.46. The van der Waals surface area contributed by atoms with Crippen molar-refractivity contribution in [3.05, 3.63) is 35.6 Å². The number of amides is 1. The van der Waals surface area contributed by atoms with Gasteiger partial charge in [-0.05, 0) is 6.42 Å². The van der Waals surface area contributed by atoms with Crippen LogP contribution in [0.4, 0.5) is 20.3 Å². The quantitative estimate of drug-likeness (QED) is 0.361. The Morgan fingerprint density at radius 1 is 1.39 bits per heavy atom. The lowest BCUT2D eigenvalue weighted by Crippen LogP contribution is -2.15. The summed E-state index contributed by atoms with van der Waals surface area (Å²) >= 11 is 6.35. The average molecular weight is 448 g/mol. The van der Waals surface area contributed by atoms with Crippen molar-refractivity contribution in [2.45, 2.75) is 12.6 Å². The first-order chi connectivity index (χ1) is 15.0. The highest BCUT2D eigenvalue weighted by Crippen LogP contribution is 2.40. The molecular formula is C19H16ClF2N7O2. The second kappa shape index (κ2) is 7.43. The molecule has 0 bridgehead atoms. The summed E-state index contributed by atoms with van der Waals surface area (Å²) < 4.78 is 29.7. The number of aromatic amines is 1. The number of benzene rings is 1. The molecule has 1 fully saturated rings. The number of anilines is 2. The molecule has 0 radical (unpaired) electrons. The maximum Gasteiger partial charge on any atom is 0.231 e. The van der Waals surface area contributed by atoms with E-state index in [4.69, 9.17) is 16.7 Å². The molecule has 1 saturated carbocycles. The lowest BCUT2D eigenvalue weighted by Gasteiger charge is -2.13. The number of alkyl halides is 1. The van der Waals surface area contributed by atoms with Gasteiger partial charge >= 0.3 is 0 Å². The molecule has 0 saturated heterocycles. The summed E-state index contributed by atoms with van der Waals surface area (Å²) in [6.07, 6.45) is 5.24. The Hall–Kier alpha value is -3.31. The van der Waals surface area contributed by atoms with Gasteiger partial charge in [-0.2, -0.15) is 5.10 Å². The molecule has 31 heavy (non-hydrogen) atoms. The van der Waals surface area contributed by atoms with Crippen LogP contribution in [0.3, 0.4) is 0 Å². The standard InChI is InChI=1S/C19H16ClF2N7O2/c20-15-14(9-4-25-28-17(9)18(16(15)22)23-1-2-30)11-6-29-7-12(26-13(29)5-24-11)27-19(31)8-3-10(8)21/h4-8,10,23,30H,1-3H2,(H,25,28)(H,27,31). The molecule has 160 valence electrons. The normalized spacial score (nSPS) is 17.9. The number of fused-ring (bicyclic) bond motifs is 2. The second-order valence-corrected chi connectivity index (χ2v) is 7.58. The molecule has 3 aromatic heterocycles. The summed E-state index contributed by atoms with van der Waals surface area (Å²) in [5.41, 5.74) is 1.62. The Morgan fingerprint density at radius 2 is 2.19 bits per heavy atom. The zero-order chi connectivity index (χ0) is 21.7. The molecule has 2 unspecified atom stereocenters. The molecule has 2 atom stereocenters. The Morgan fingerprint density at radius 3 is 2.94 bits per heavy atom. The summed E-state index contributed by atoms with van der Waals surface area (Å²) in [7, 11) is 0. The lowest BCUT2D eigenvalue weighted by molar-refractivity contribution is -0.117. The van der Waals surface area contributed by atoms with Crippen molar-refractivity contribution >= 4 is 45.6 Å². The van der Waals surface area contributed by atoms with E-state index in [2.05, 4.69) is 30.8 Å². The second-order valence-electron chi connectivity index (χ2n) is 7.20. The monoisotopic (exact) mass is 447 g/mol. The number of hydrogen-bond donors (Lipinski definition) is 4. The summed E-state index contributed by atoms with van der Waals surface area (Å²) in [6, 6.07) is 0. The van der Waals surface area contributed by atoms with Gasteiger partial charge in [0.15, 0.2) is 17.3 Å². The van der Waals surface area contributed by atoms with Crippen molar-refractivity contribution in [1.82, 2.24) is 24.6 Å². The molecule has 5 rings (SSSR count). The summed E-state index contributed by atoms with van der Waals surface area (Å²) in [6.45, 7) is -0.0443. The molecule has 3 heterocycles. The third-order valence-electron chi connectivity index (χ3n) is 5.10. The minimum Gasteiger partial charge on any atom is -0.395 e. The maximum absolute atomic E-state index is 15.0.